The number of aromatic nitrogens is 4. The molecule has 6 nitrogen and oxygen atoms in total. The van der Waals surface area contributed by atoms with Gasteiger partial charge in [0, 0.05) is 24.7 Å². The van der Waals surface area contributed by atoms with Crippen molar-refractivity contribution in [1.29, 1.82) is 0 Å². The van der Waals surface area contributed by atoms with E-state index in [1.54, 1.807) is 16.9 Å². The SMILES string of the molecule is Cc1cncc(N2CCCC2Cn2nc(C3CC3)ccc2=O)n1. The van der Waals surface area contributed by atoms with Crippen LogP contribution in [-0.4, -0.2) is 32.3 Å². The molecule has 1 atom stereocenters. The number of rotatable bonds is 4. The summed E-state index contributed by atoms with van der Waals surface area (Å²) < 4.78 is 1.64. The zero-order chi connectivity index (χ0) is 15.8. The molecule has 2 fully saturated rings. The van der Waals surface area contributed by atoms with Crippen LogP contribution in [0.5, 0.6) is 0 Å². The van der Waals surface area contributed by atoms with E-state index in [-0.39, 0.29) is 11.6 Å². The number of hydrogen-bond donors (Lipinski definition) is 0. The second-order valence-electron chi connectivity index (χ2n) is 6.56. The van der Waals surface area contributed by atoms with Crippen molar-refractivity contribution in [3.05, 3.63) is 46.3 Å². The van der Waals surface area contributed by atoms with Crippen LogP contribution in [0.3, 0.4) is 0 Å². The minimum atomic E-state index is -0.0171. The molecule has 2 aromatic heterocycles. The summed E-state index contributed by atoms with van der Waals surface area (Å²) in [4.78, 5) is 23.2. The molecule has 1 aliphatic carbocycles. The fraction of sp³-hybridized carbons (Fsp3) is 0.529. The highest BCUT2D eigenvalue weighted by molar-refractivity contribution is 5.39. The summed E-state index contributed by atoms with van der Waals surface area (Å²) in [5.41, 5.74) is 1.96. The third kappa shape index (κ3) is 2.98. The zero-order valence-corrected chi connectivity index (χ0v) is 13.4. The highest BCUT2D eigenvalue weighted by Gasteiger charge is 2.29. The molecule has 0 bridgehead atoms. The summed E-state index contributed by atoms with van der Waals surface area (Å²) in [6.45, 7) is 3.53. The van der Waals surface area contributed by atoms with E-state index < -0.39 is 0 Å². The summed E-state index contributed by atoms with van der Waals surface area (Å²) in [7, 11) is 0. The van der Waals surface area contributed by atoms with Crippen LogP contribution in [-0.2, 0) is 6.54 Å². The van der Waals surface area contributed by atoms with Crippen molar-refractivity contribution in [1.82, 2.24) is 19.7 Å². The summed E-state index contributed by atoms with van der Waals surface area (Å²) >= 11 is 0. The molecule has 1 unspecified atom stereocenters. The van der Waals surface area contributed by atoms with Gasteiger partial charge < -0.3 is 4.90 Å². The largest absolute Gasteiger partial charge is 0.350 e. The second-order valence-corrected chi connectivity index (χ2v) is 6.56. The third-order valence-electron chi connectivity index (χ3n) is 4.68. The van der Waals surface area contributed by atoms with Crippen molar-refractivity contribution in [3.63, 3.8) is 0 Å². The van der Waals surface area contributed by atoms with Crippen LogP contribution in [0.1, 0.15) is 43.0 Å². The first-order valence-electron chi connectivity index (χ1n) is 8.34. The molecule has 4 rings (SSSR count). The van der Waals surface area contributed by atoms with Gasteiger partial charge in [0.25, 0.3) is 5.56 Å². The minimum Gasteiger partial charge on any atom is -0.350 e. The first-order valence-corrected chi connectivity index (χ1v) is 8.34. The predicted octanol–water partition coefficient (Wildman–Crippen LogP) is 1.89. The van der Waals surface area contributed by atoms with Crippen molar-refractivity contribution < 1.29 is 0 Å². The van der Waals surface area contributed by atoms with Gasteiger partial charge in [0.15, 0.2) is 0 Å². The summed E-state index contributed by atoms with van der Waals surface area (Å²) in [6.07, 6.45) is 8.12. The summed E-state index contributed by atoms with van der Waals surface area (Å²) in [5.74, 6) is 1.46. The Balaban J connectivity index is 1.58. The van der Waals surface area contributed by atoms with Gasteiger partial charge in [-0.2, -0.15) is 5.10 Å². The van der Waals surface area contributed by atoms with E-state index in [4.69, 9.17) is 0 Å². The lowest BCUT2D eigenvalue weighted by Gasteiger charge is -2.25. The first kappa shape index (κ1) is 14.4. The summed E-state index contributed by atoms with van der Waals surface area (Å²) in [6, 6.07) is 3.80. The molecule has 6 heteroatoms. The lowest BCUT2D eigenvalue weighted by molar-refractivity contribution is 0.480. The third-order valence-corrected chi connectivity index (χ3v) is 4.68. The van der Waals surface area contributed by atoms with E-state index in [1.807, 2.05) is 19.2 Å². The van der Waals surface area contributed by atoms with Crippen molar-refractivity contribution >= 4 is 5.82 Å². The Morgan fingerprint density at radius 1 is 1.22 bits per heavy atom. The van der Waals surface area contributed by atoms with E-state index in [2.05, 4.69) is 20.0 Å². The van der Waals surface area contributed by atoms with Crippen LogP contribution in [0.4, 0.5) is 5.82 Å². The van der Waals surface area contributed by atoms with Gasteiger partial charge in [0.1, 0.15) is 5.82 Å². The van der Waals surface area contributed by atoms with Crippen LogP contribution >= 0.6 is 0 Å². The fourth-order valence-corrected chi connectivity index (χ4v) is 3.31. The van der Waals surface area contributed by atoms with Crippen molar-refractivity contribution in [2.45, 2.75) is 51.1 Å². The topological polar surface area (TPSA) is 63.9 Å². The molecular weight excluding hydrogens is 290 g/mol. The predicted molar refractivity (Wildman–Crippen MR) is 87.6 cm³/mol. The molecule has 2 aliphatic rings. The number of aryl methyl sites for hydroxylation is 1. The van der Waals surface area contributed by atoms with E-state index in [9.17, 15) is 4.79 Å². The van der Waals surface area contributed by atoms with Gasteiger partial charge in [-0.15, -0.1) is 0 Å². The number of hydrogen-bond acceptors (Lipinski definition) is 5. The highest BCUT2D eigenvalue weighted by atomic mass is 16.1. The Bertz CT molecular complexity index is 768. The monoisotopic (exact) mass is 311 g/mol. The minimum absolute atomic E-state index is 0.0171. The highest BCUT2D eigenvalue weighted by Crippen LogP contribution is 2.38. The Labute approximate surface area is 135 Å². The van der Waals surface area contributed by atoms with Crippen LogP contribution in [0.2, 0.25) is 0 Å². The Kier molecular flexibility index (Phi) is 3.59. The van der Waals surface area contributed by atoms with Gasteiger partial charge in [0.05, 0.1) is 30.2 Å². The van der Waals surface area contributed by atoms with Crippen LogP contribution in [0.15, 0.2) is 29.3 Å². The molecule has 3 heterocycles. The maximum absolute atomic E-state index is 12.2. The maximum Gasteiger partial charge on any atom is 0.266 e. The van der Waals surface area contributed by atoms with Crippen LogP contribution < -0.4 is 10.5 Å². The van der Waals surface area contributed by atoms with Gasteiger partial charge in [-0.05, 0) is 38.7 Å². The molecule has 1 saturated carbocycles. The van der Waals surface area contributed by atoms with E-state index in [0.29, 0.717) is 12.5 Å². The van der Waals surface area contributed by atoms with Crippen molar-refractivity contribution in [3.8, 4) is 0 Å². The molecule has 0 aromatic carbocycles. The lowest BCUT2D eigenvalue weighted by atomic mass is 10.2. The van der Waals surface area contributed by atoms with Crippen molar-refractivity contribution in [2.24, 2.45) is 0 Å². The number of anilines is 1. The molecule has 2 aromatic rings. The smallest absolute Gasteiger partial charge is 0.266 e. The summed E-state index contributed by atoms with van der Waals surface area (Å²) in [5, 5.41) is 4.58. The van der Waals surface area contributed by atoms with E-state index in [1.165, 1.54) is 12.8 Å². The first-order chi connectivity index (χ1) is 11.2. The molecule has 0 amide bonds. The lowest BCUT2D eigenvalue weighted by Crippen LogP contribution is -2.37. The molecule has 0 spiro atoms. The quantitative estimate of drug-likeness (QED) is 0.863. The normalized spacial score (nSPS) is 20.9. The number of nitrogens with zero attached hydrogens (tertiary/aromatic N) is 5. The zero-order valence-electron chi connectivity index (χ0n) is 13.4. The van der Waals surface area contributed by atoms with Crippen molar-refractivity contribution in [2.75, 3.05) is 11.4 Å². The van der Waals surface area contributed by atoms with Crippen LogP contribution in [0, 0.1) is 6.92 Å². The molecule has 0 radical (unpaired) electrons. The molecule has 23 heavy (non-hydrogen) atoms. The Morgan fingerprint density at radius 2 is 2.09 bits per heavy atom. The Morgan fingerprint density at radius 3 is 2.87 bits per heavy atom. The van der Waals surface area contributed by atoms with E-state index >= 15 is 0 Å². The van der Waals surface area contributed by atoms with E-state index in [0.717, 1.165) is 36.6 Å². The fourth-order valence-electron chi connectivity index (χ4n) is 3.31. The van der Waals surface area contributed by atoms with Gasteiger partial charge in [0.2, 0.25) is 0 Å². The van der Waals surface area contributed by atoms with Gasteiger partial charge in [-0.3, -0.25) is 9.78 Å². The van der Waals surface area contributed by atoms with Gasteiger partial charge in [-0.25, -0.2) is 9.67 Å². The molecular formula is C17H21N5O. The molecule has 1 saturated heterocycles. The second kappa shape index (κ2) is 5.76. The maximum atomic E-state index is 12.2. The Hall–Kier alpha value is -2.24. The van der Waals surface area contributed by atoms with Gasteiger partial charge >= 0.3 is 0 Å². The average Bonchev–Trinajstić information content (AvgIpc) is 3.29. The van der Waals surface area contributed by atoms with Crippen LogP contribution in [0.25, 0.3) is 0 Å². The molecule has 1 aliphatic heterocycles. The standard InChI is InChI=1S/C17H21N5O/c1-12-9-18-10-16(19-12)21-8-2-3-14(21)11-22-17(23)7-6-15(20-22)13-4-5-13/h6-7,9-10,13-14H,2-5,8,11H2,1H3. The average molecular weight is 311 g/mol. The molecule has 0 N–H and O–H groups in total. The van der Waals surface area contributed by atoms with Gasteiger partial charge in [-0.1, -0.05) is 0 Å². The molecule has 120 valence electrons.